The van der Waals surface area contributed by atoms with E-state index in [1.807, 2.05) is 6.08 Å². The molecule has 0 aromatic carbocycles. The first-order valence-electron chi connectivity index (χ1n) is 32.0. The minimum absolute atomic E-state index is 0.112. The number of nitrogens with one attached hydrogen (secondary N) is 1. The summed E-state index contributed by atoms with van der Waals surface area (Å²) in [5.74, 6) is -1.23. The molecule has 8 unspecified atom stereocenters. The Hall–Kier alpha value is -3.42. The van der Waals surface area contributed by atoms with Gasteiger partial charge in [-0.2, -0.15) is 0 Å². The molecule has 1 amide bonds. The summed E-state index contributed by atoms with van der Waals surface area (Å²) in [5, 5.41) is 57.0. The quantitative estimate of drug-likeness (QED) is 0.0195. The van der Waals surface area contributed by atoms with E-state index in [1.54, 1.807) is 6.08 Å². The van der Waals surface area contributed by atoms with Crippen molar-refractivity contribution in [3.8, 4) is 0 Å². The van der Waals surface area contributed by atoms with Crippen LogP contribution < -0.4 is 5.32 Å². The lowest BCUT2D eigenvalue weighted by molar-refractivity contribution is -0.305. The molecule has 11 heteroatoms. The third-order valence-corrected chi connectivity index (χ3v) is 14.5. The van der Waals surface area contributed by atoms with Crippen molar-refractivity contribution in [2.75, 3.05) is 13.2 Å². The molecule has 79 heavy (non-hydrogen) atoms. The Morgan fingerprint density at radius 1 is 0.506 bits per heavy atom. The SMILES string of the molecule is CC/C=C\C/C=C\C/C=C\C/C=C\C/C=C\C/C=C\CCCCCC(O)C(=O)NC(COC1OC(CO)C(O)C(O)C1OC(=O)CCCCCCCCC/C=C/CCCCCCCC)C(O)/C=C/CCCCCCCCCCC. The van der Waals surface area contributed by atoms with Crippen LogP contribution in [0.2, 0.25) is 0 Å². The predicted molar refractivity (Wildman–Crippen MR) is 329 cm³/mol. The van der Waals surface area contributed by atoms with Gasteiger partial charge in [0, 0.05) is 6.42 Å². The molecule has 1 heterocycles. The molecule has 1 fully saturated rings. The normalized spacial score (nSPS) is 19.5. The molecule has 0 spiro atoms. The summed E-state index contributed by atoms with van der Waals surface area (Å²) in [5.41, 5.74) is 0. The maximum atomic E-state index is 13.4. The smallest absolute Gasteiger partial charge is 0.306 e. The molecule has 8 atom stereocenters. The van der Waals surface area contributed by atoms with Gasteiger partial charge in [0.05, 0.1) is 25.4 Å². The number of unbranched alkanes of at least 4 members (excludes halogenated alkanes) is 25. The van der Waals surface area contributed by atoms with Crippen molar-refractivity contribution in [1.82, 2.24) is 5.32 Å². The fraction of sp³-hybridized carbons (Fsp3) is 0.735. The highest BCUT2D eigenvalue weighted by atomic mass is 16.7. The van der Waals surface area contributed by atoms with E-state index in [9.17, 15) is 35.1 Å². The van der Waals surface area contributed by atoms with Crippen molar-refractivity contribution in [2.45, 2.75) is 307 Å². The summed E-state index contributed by atoms with van der Waals surface area (Å²) in [6.45, 7) is 5.64. The van der Waals surface area contributed by atoms with E-state index in [4.69, 9.17) is 14.2 Å². The first kappa shape index (κ1) is 73.6. The lowest BCUT2D eigenvalue weighted by atomic mass is 9.99. The molecule has 1 aliphatic rings. The van der Waals surface area contributed by atoms with Crippen molar-refractivity contribution < 1.29 is 49.3 Å². The van der Waals surface area contributed by atoms with Gasteiger partial charge in [0.25, 0.3) is 0 Å². The van der Waals surface area contributed by atoms with Gasteiger partial charge in [-0.25, -0.2) is 0 Å². The van der Waals surface area contributed by atoms with Crippen LogP contribution in [0.1, 0.15) is 258 Å². The van der Waals surface area contributed by atoms with Crippen LogP contribution in [0.3, 0.4) is 0 Å². The van der Waals surface area contributed by atoms with Crippen LogP contribution in [0.25, 0.3) is 0 Å². The minimum atomic E-state index is -1.62. The van der Waals surface area contributed by atoms with E-state index < -0.39 is 67.4 Å². The zero-order chi connectivity index (χ0) is 57.5. The lowest BCUT2D eigenvalue weighted by Crippen LogP contribution is -2.61. The molecular weight excluding hydrogens is 991 g/mol. The van der Waals surface area contributed by atoms with E-state index in [0.717, 1.165) is 116 Å². The van der Waals surface area contributed by atoms with Crippen LogP contribution >= 0.6 is 0 Å². The van der Waals surface area contributed by atoms with Crippen LogP contribution in [-0.4, -0.2) is 99.6 Å². The van der Waals surface area contributed by atoms with Crippen molar-refractivity contribution in [2.24, 2.45) is 0 Å². The van der Waals surface area contributed by atoms with Gasteiger partial charge in [0.1, 0.15) is 24.4 Å². The molecule has 0 bridgehead atoms. The van der Waals surface area contributed by atoms with Gasteiger partial charge in [-0.3, -0.25) is 9.59 Å². The van der Waals surface area contributed by atoms with Gasteiger partial charge < -0.3 is 45.1 Å². The Kier molecular flexibility index (Phi) is 51.4. The Bertz CT molecular complexity index is 1650. The highest BCUT2D eigenvalue weighted by Gasteiger charge is 2.47. The molecule has 1 saturated heterocycles. The second kappa shape index (κ2) is 55.1. The van der Waals surface area contributed by atoms with E-state index in [0.29, 0.717) is 12.8 Å². The third-order valence-electron chi connectivity index (χ3n) is 14.5. The Morgan fingerprint density at radius 3 is 1.38 bits per heavy atom. The molecule has 11 nitrogen and oxygen atoms in total. The van der Waals surface area contributed by atoms with E-state index in [1.165, 1.54) is 96.3 Å². The van der Waals surface area contributed by atoms with E-state index >= 15 is 0 Å². The summed E-state index contributed by atoms with van der Waals surface area (Å²) in [6, 6.07) is -1.04. The second-order valence-electron chi connectivity index (χ2n) is 21.8. The van der Waals surface area contributed by atoms with Gasteiger partial charge in [-0.05, 0) is 103 Å². The van der Waals surface area contributed by atoms with Gasteiger partial charge in [-0.1, -0.05) is 246 Å². The fourth-order valence-corrected chi connectivity index (χ4v) is 9.41. The number of hydrogen-bond donors (Lipinski definition) is 6. The average Bonchev–Trinajstić information content (AvgIpc) is 3.45. The Morgan fingerprint density at radius 2 is 0.911 bits per heavy atom. The van der Waals surface area contributed by atoms with Crippen LogP contribution in [-0.2, 0) is 23.8 Å². The molecular formula is C68H117NO10. The van der Waals surface area contributed by atoms with Crippen LogP contribution in [0, 0.1) is 0 Å². The second-order valence-corrected chi connectivity index (χ2v) is 21.8. The summed E-state index contributed by atoms with van der Waals surface area (Å²) >= 11 is 0. The topological polar surface area (TPSA) is 175 Å². The van der Waals surface area contributed by atoms with Crippen molar-refractivity contribution in [3.05, 3.63) is 97.2 Å². The highest BCUT2D eigenvalue weighted by molar-refractivity contribution is 5.80. The number of aliphatic hydroxyl groups excluding tert-OH is 5. The number of amides is 1. The van der Waals surface area contributed by atoms with Gasteiger partial charge in [-0.15, -0.1) is 0 Å². The summed E-state index contributed by atoms with van der Waals surface area (Å²) in [7, 11) is 0. The number of carbonyl (C=O) groups is 2. The Balaban J connectivity index is 2.67. The zero-order valence-corrected chi connectivity index (χ0v) is 50.2. The lowest BCUT2D eigenvalue weighted by Gasteiger charge is -2.41. The maximum Gasteiger partial charge on any atom is 0.306 e. The third kappa shape index (κ3) is 43.0. The number of rotatable bonds is 53. The van der Waals surface area contributed by atoms with E-state index in [2.05, 4.69) is 111 Å². The molecule has 454 valence electrons. The highest BCUT2D eigenvalue weighted by Crippen LogP contribution is 2.26. The van der Waals surface area contributed by atoms with Crippen molar-refractivity contribution >= 4 is 11.9 Å². The molecule has 0 saturated carbocycles. The summed E-state index contributed by atoms with van der Waals surface area (Å²) in [4.78, 5) is 26.6. The number of allylic oxidation sites excluding steroid dienone is 15. The minimum Gasteiger partial charge on any atom is -0.454 e. The molecule has 6 N–H and O–H groups in total. The average molecular weight is 1110 g/mol. The number of carbonyl (C=O) groups excluding carboxylic acids is 2. The number of hydrogen-bond acceptors (Lipinski definition) is 10. The fourth-order valence-electron chi connectivity index (χ4n) is 9.41. The standard InChI is InChI=1S/C68H117NO10/c1-4-7-10-13-16-19-22-24-26-28-29-30-31-32-34-35-37-40-43-46-49-52-55-61(72)67(76)69-59(60(71)54-51-48-45-42-39-21-18-15-12-9-6-3)58-77-68-66(65(75)64(74)62(57-70)78-68)79-63(73)56-53-50-47-44-41-38-36-33-27-25-23-20-17-14-11-8-5-2/h7,10,16,19,24-27,29-30,32,34,37,40,51,54,59-62,64-66,68,70-72,74-75H,4-6,8-9,11-15,17-18,20-23,28,31,33,35-36,38-39,41-50,52-53,55-58H2,1-3H3,(H,69,76)/b10-7-,19-16-,26-24-,27-25+,30-29-,34-32-,40-37-,54-51+. The van der Waals surface area contributed by atoms with Gasteiger partial charge >= 0.3 is 5.97 Å². The van der Waals surface area contributed by atoms with Crippen molar-refractivity contribution in [3.63, 3.8) is 0 Å². The summed E-state index contributed by atoms with van der Waals surface area (Å²) < 4.78 is 17.6. The van der Waals surface area contributed by atoms with Crippen LogP contribution in [0.4, 0.5) is 0 Å². The first-order valence-corrected chi connectivity index (χ1v) is 32.0. The van der Waals surface area contributed by atoms with Gasteiger partial charge in [0.15, 0.2) is 12.4 Å². The van der Waals surface area contributed by atoms with Crippen molar-refractivity contribution in [1.29, 1.82) is 0 Å². The molecule has 1 aliphatic heterocycles. The van der Waals surface area contributed by atoms with E-state index in [-0.39, 0.29) is 19.4 Å². The maximum absolute atomic E-state index is 13.4. The molecule has 1 rings (SSSR count). The molecule has 0 aliphatic carbocycles. The van der Waals surface area contributed by atoms with Crippen LogP contribution in [0.15, 0.2) is 97.2 Å². The van der Waals surface area contributed by atoms with Gasteiger partial charge in [0.2, 0.25) is 5.91 Å². The zero-order valence-electron chi connectivity index (χ0n) is 50.2. The summed E-state index contributed by atoms with van der Waals surface area (Å²) in [6.07, 6.45) is 63.0. The predicted octanol–water partition coefficient (Wildman–Crippen LogP) is 15.5. The largest absolute Gasteiger partial charge is 0.454 e. The van der Waals surface area contributed by atoms with Crippen LogP contribution in [0.5, 0.6) is 0 Å². The molecule has 0 radical (unpaired) electrons. The number of ether oxygens (including phenoxy) is 3. The first-order chi connectivity index (χ1) is 38.7. The number of aliphatic hydroxyl groups is 5. The molecule has 0 aromatic rings. The number of esters is 1. The Labute approximate surface area is 482 Å². The monoisotopic (exact) mass is 1110 g/mol. The molecule has 0 aromatic heterocycles.